The van der Waals surface area contributed by atoms with Crippen molar-refractivity contribution in [2.75, 3.05) is 26.1 Å². The summed E-state index contributed by atoms with van der Waals surface area (Å²) in [7, 11) is -0.295. The van der Waals surface area contributed by atoms with Gasteiger partial charge in [0, 0.05) is 20.4 Å². The Bertz CT molecular complexity index is 502. The smallest absolute Gasteiger partial charge is 0.326 e. The Hall–Kier alpha value is -1.84. The average Bonchev–Trinajstić information content (AvgIpc) is 2.31. The molecule has 3 N–H and O–H groups in total. The van der Waals surface area contributed by atoms with E-state index < -0.39 is 33.9 Å². The van der Waals surface area contributed by atoms with E-state index in [9.17, 15) is 22.8 Å². The second-order valence-electron chi connectivity index (χ2n) is 4.88. The van der Waals surface area contributed by atoms with Crippen molar-refractivity contribution < 1.29 is 27.9 Å². The Morgan fingerprint density at radius 2 is 1.71 bits per heavy atom. The van der Waals surface area contributed by atoms with Crippen molar-refractivity contribution in [3.63, 3.8) is 0 Å². The van der Waals surface area contributed by atoms with Crippen molar-refractivity contribution in [2.45, 2.75) is 25.4 Å². The topological polar surface area (TPSA) is 133 Å². The first-order chi connectivity index (χ1) is 9.44. The van der Waals surface area contributed by atoms with E-state index in [2.05, 4.69) is 10.6 Å². The van der Waals surface area contributed by atoms with Crippen molar-refractivity contribution in [1.29, 1.82) is 0 Å². The molecule has 0 saturated carbocycles. The van der Waals surface area contributed by atoms with Gasteiger partial charge < -0.3 is 20.6 Å². The number of likely N-dealkylation sites (N-methyl/N-ethyl adjacent to an activating group) is 1. The van der Waals surface area contributed by atoms with E-state index in [0.29, 0.717) is 0 Å². The summed E-state index contributed by atoms with van der Waals surface area (Å²) in [5.41, 5.74) is 0. The van der Waals surface area contributed by atoms with E-state index in [4.69, 9.17) is 5.11 Å². The molecule has 0 aromatic rings. The van der Waals surface area contributed by atoms with Crippen LogP contribution in [0.2, 0.25) is 0 Å². The molecule has 0 rings (SSSR count). The molecule has 10 heteroatoms. The third-order valence-corrected chi connectivity index (χ3v) is 3.52. The molecule has 2 atom stereocenters. The monoisotopic (exact) mass is 323 g/mol. The number of amides is 3. The summed E-state index contributed by atoms with van der Waals surface area (Å²) in [5.74, 6) is -2.07. The van der Waals surface area contributed by atoms with Gasteiger partial charge in [-0.05, 0) is 13.3 Å². The number of carboxylic acid groups (broad SMARTS) is 1. The molecule has 0 radical (unpaired) electrons. The molecular weight excluding hydrogens is 302 g/mol. The fourth-order valence-corrected chi connectivity index (χ4v) is 2.10. The molecular formula is C11H21N3O6S. The van der Waals surface area contributed by atoms with Crippen molar-refractivity contribution >= 4 is 27.7 Å². The standard InChI is InChI=1S/C11H21N3O6S/c1-7(9(15)14(2)3)12-11(18)13-8(10(16)17)5-6-21(4,19)20/h7-8H,5-6H2,1-4H3,(H,16,17)(H2,12,13,18). The van der Waals surface area contributed by atoms with Gasteiger partial charge in [-0.1, -0.05) is 0 Å². The largest absolute Gasteiger partial charge is 0.480 e. The third kappa shape index (κ3) is 8.12. The van der Waals surface area contributed by atoms with Gasteiger partial charge in [-0.3, -0.25) is 4.79 Å². The van der Waals surface area contributed by atoms with E-state index in [-0.39, 0.29) is 18.1 Å². The number of hydrogen-bond donors (Lipinski definition) is 3. The van der Waals surface area contributed by atoms with Crippen LogP contribution in [0.3, 0.4) is 0 Å². The highest BCUT2D eigenvalue weighted by Crippen LogP contribution is 1.98. The molecule has 9 nitrogen and oxygen atoms in total. The van der Waals surface area contributed by atoms with Gasteiger partial charge in [0.1, 0.15) is 21.9 Å². The van der Waals surface area contributed by atoms with Crippen molar-refractivity contribution in [1.82, 2.24) is 15.5 Å². The van der Waals surface area contributed by atoms with E-state index in [1.54, 1.807) is 0 Å². The molecule has 0 aliphatic heterocycles. The lowest BCUT2D eigenvalue weighted by Gasteiger charge is -2.20. The van der Waals surface area contributed by atoms with E-state index in [0.717, 1.165) is 6.26 Å². The number of carbonyl (C=O) groups excluding carboxylic acids is 2. The van der Waals surface area contributed by atoms with E-state index in [1.165, 1.54) is 25.9 Å². The SMILES string of the molecule is CC(NC(=O)NC(CCS(C)(=O)=O)C(=O)O)C(=O)N(C)C. The molecule has 0 fully saturated rings. The highest BCUT2D eigenvalue weighted by molar-refractivity contribution is 7.90. The molecule has 0 aromatic heterocycles. The molecule has 0 spiro atoms. The molecule has 0 aliphatic rings. The first-order valence-corrected chi connectivity index (χ1v) is 8.19. The molecule has 0 aromatic carbocycles. The van der Waals surface area contributed by atoms with E-state index in [1.807, 2.05) is 0 Å². The maximum Gasteiger partial charge on any atom is 0.326 e. The molecule has 0 bridgehead atoms. The quantitative estimate of drug-likeness (QED) is 0.530. The number of nitrogens with zero attached hydrogens (tertiary/aromatic N) is 1. The second kappa shape index (κ2) is 7.81. The third-order valence-electron chi connectivity index (χ3n) is 2.54. The summed E-state index contributed by atoms with van der Waals surface area (Å²) in [6.07, 6.45) is 0.724. The van der Waals surface area contributed by atoms with Crippen LogP contribution >= 0.6 is 0 Å². The van der Waals surface area contributed by atoms with Gasteiger partial charge in [0.25, 0.3) is 0 Å². The van der Waals surface area contributed by atoms with Gasteiger partial charge in [0.05, 0.1) is 5.75 Å². The Balaban J connectivity index is 4.56. The zero-order chi connectivity index (χ0) is 16.8. The minimum absolute atomic E-state index is 0.252. The lowest BCUT2D eigenvalue weighted by molar-refractivity contribution is -0.139. The molecule has 0 heterocycles. The Morgan fingerprint density at radius 1 is 1.19 bits per heavy atom. The predicted octanol–water partition coefficient (Wildman–Crippen LogP) is -1.35. The van der Waals surface area contributed by atoms with Gasteiger partial charge in [-0.15, -0.1) is 0 Å². The second-order valence-corrected chi connectivity index (χ2v) is 7.14. The van der Waals surface area contributed by atoms with Gasteiger partial charge >= 0.3 is 12.0 Å². The maximum atomic E-state index is 11.6. The highest BCUT2D eigenvalue weighted by Gasteiger charge is 2.23. The normalized spacial score (nSPS) is 13.9. The summed E-state index contributed by atoms with van der Waals surface area (Å²) < 4.78 is 22.0. The molecule has 0 aliphatic carbocycles. The van der Waals surface area contributed by atoms with Gasteiger partial charge in [-0.2, -0.15) is 0 Å². The van der Waals surface area contributed by atoms with Crippen LogP contribution in [-0.4, -0.2) is 74.5 Å². The van der Waals surface area contributed by atoms with Gasteiger partial charge in [-0.25, -0.2) is 18.0 Å². The van der Waals surface area contributed by atoms with E-state index >= 15 is 0 Å². The van der Waals surface area contributed by atoms with Crippen LogP contribution in [0.15, 0.2) is 0 Å². The molecule has 2 unspecified atom stereocenters. The lowest BCUT2D eigenvalue weighted by Crippen LogP contribution is -2.52. The van der Waals surface area contributed by atoms with Crippen LogP contribution < -0.4 is 10.6 Å². The van der Waals surface area contributed by atoms with Crippen LogP contribution in [0.25, 0.3) is 0 Å². The van der Waals surface area contributed by atoms with Crippen LogP contribution in [0, 0.1) is 0 Å². The van der Waals surface area contributed by atoms with Crippen LogP contribution in [0.4, 0.5) is 4.79 Å². The van der Waals surface area contributed by atoms with Crippen LogP contribution in [0.1, 0.15) is 13.3 Å². The number of sulfone groups is 1. The predicted molar refractivity (Wildman–Crippen MR) is 75.6 cm³/mol. The zero-order valence-corrected chi connectivity index (χ0v) is 13.2. The van der Waals surface area contributed by atoms with Crippen molar-refractivity contribution in [3.05, 3.63) is 0 Å². The minimum atomic E-state index is -3.33. The zero-order valence-electron chi connectivity index (χ0n) is 12.4. The Kier molecular flexibility index (Phi) is 7.13. The van der Waals surface area contributed by atoms with Gasteiger partial charge in [0.15, 0.2) is 0 Å². The maximum absolute atomic E-state index is 11.6. The number of hydrogen-bond acceptors (Lipinski definition) is 5. The Morgan fingerprint density at radius 3 is 2.10 bits per heavy atom. The average molecular weight is 323 g/mol. The highest BCUT2D eigenvalue weighted by atomic mass is 32.2. The van der Waals surface area contributed by atoms with Crippen molar-refractivity contribution in [3.8, 4) is 0 Å². The fraction of sp³-hybridized carbons (Fsp3) is 0.727. The summed E-state index contributed by atoms with van der Waals surface area (Å²) >= 11 is 0. The summed E-state index contributed by atoms with van der Waals surface area (Å²) in [6, 6.07) is -3.02. The molecule has 0 saturated heterocycles. The molecule has 21 heavy (non-hydrogen) atoms. The summed E-state index contributed by atoms with van der Waals surface area (Å²) in [6.45, 7) is 1.45. The van der Waals surface area contributed by atoms with Crippen LogP contribution in [-0.2, 0) is 19.4 Å². The number of nitrogens with one attached hydrogen (secondary N) is 2. The summed E-state index contributed by atoms with van der Waals surface area (Å²) in [5, 5.41) is 13.4. The number of aliphatic carboxylic acids is 1. The minimum Gasteiger partial charge on any atom is -0.480 e. The summed E-state index contributed by atoms with van der Waals surface area (Å²) in [4.78, 5) is 35.4. The lowest BCUT2D eigenvalue weighted by atomic mass is 10.2. The fourth-order valence-electron chi connectivity index (χ4n) is 1.43. The number of carboxylic acids is 1. The number of urea groups is 1. The Labute approximate surface area is 123 Å². The van der Waals surface area contributed by atoms with Crippen LogP contribution in [0.5, 0.6) is 0 Å². The van der Waals surface area contributed by atoms with Gasteiger partial charge in [0.2, 0.25) is 5.91 Å². The molecule has 122 valence electrons. The number of rotatable bonds is 7. The number of carbonyl (C=O) groups is 3. The molecule has 3 amide bonds. The van der Waals surface area contributed by atoms with Crippen molar-refractivity contribution in [2.24, 2.45) is 0 Å². The first-order valence-electron chi connectivity index (χ1n) is 6.12. The first kappa shape index (κ1) is 19.2.